The quantitative estimate of drug-likeness (QED) is 0.783. The molecule has 1 rings (SSSR count). The smallest absolute Gasteiger partial charge is 0.0134 e. The van der Waals surface area contributed by atoms with Crippen LogP contribution in [0.1, 0.15) is 52.0 Å². The third-order valence-electron chi connectivity index (χ3n) is 3.63. The van der Waals surface area contributed by atoms with Crippen molar-refractivity contribution in [2.45, 2.75) is 52.5 Å². The minimum Gasteiger partial charge on any atom is -0.327 e. The summed E-state index contributed by atoms with van der Waals surface area (Å²) in [4.78, 5) is 0. The number of rotatable bonds is 6. The van der Waals surface area contributed by atoms with Crippen LogP contribution in [0.5, 0.6) is 0 Å². The maximum absolute atomic E-state index is 6.45. The molecule has 0 saturated carbocycles. The van der Waals surface area contributed by atoms with Gasteiger partial charge >= 0.3 is 0 Å². The average molecular weight is 233 g/mol. The van der Waals surface area contributed by atoms with Crippen LogP contribution in [-0.4, -0.2) is 6.04 Å². The Balaban J connectivity index is 2.74. The lowest BCUT2D eigenvalue weighted by molar-refractivity contribution is 0.329. The van der Waals surface area contributed by atoms with Gasteiger partial charge in [-0.25, -0.2) is 0 Å². The van der Waals surface area contributed by atoms with Gasteiger partial charge < -0.3 is 5.73 Å². The predicted octanol–water partition coefficient (Wildman–Crippen LogP) is 4.19. The van der Waals surface area contributed by atoms with Crippen molar-refractivity contribution in [1.82, 2.24) is 0 Å². The van der Waals surface area contributed by atoms with Crippen LogP contribution in [0.4, 0.5) is 0 Å². The molecular formula is C16H27N. The Labute approximate surface area is 106 Å². The van der Waals surface area contributed by atoms with E-state index in [4.69, 9.17) is 5.73 Å². The molecule has 1 aromatic carbocycles. The van der Waals surface area contributed by atoms with Crippen LogP contribution in [-0.2, 0) is 0 Å². The van der Waals surface area contributed by atoms with Gasteiger partial charge in [-0.1, -0.05) is 58.0 Å². The molecular weight excluding hydrogens is 206 g/mol. The summed E-state index contributed by atoms with van der Waals surface area (Å²) >= 11 is 0. The lowest BCUT2D eigenvalue weighted by Gasteiger charge is -2.29. The van der Waals surface area contributed by atoms with Gasteiger partial charge in [-0.05, 0) is 36.2 Å². The number of hydrogen-bond acceptors (Lipinski definition) is 1. The second kappa shape index (κ2) is 6.80. The molecule has 1 nitrogen and oxygen atoms in total. The Kier molecular flexibility index (Phi) is 5.70. The van der Waals surface area contributed by atoms with E-state index in [9.17, 15) is 0 Å². The van der Waals surface area contributed by atoms with Gasteiger partial charge in [0, 0.05) is 6.04 Å². The Hall–Kier alpha value is -0.820. The second-order valence-corrected chi connectivity index (χ2v) is 5.61. The van der Waals surface area contributed by atoms with E-state index >= 15 is 0 Å². The summed E-state index contributed by atoms with van der Waals surface area (Å²) in [6.07, 6.45) is 2.33. The first kappa shape index (κ1) is 14.2. The highest BCUT2D eigenvalue weighted by Crippen LogP contribution is 2.28. The molecule has 0 fully saturated rings. The molecule has 0 heterocycles. The molecule has 96 valence electrons. The molecule has 3 atom stereocenters. The normalized spacial score (nSPS) is 16.8. The molecule has 0 aliphatic heterocycles. The Morgan fingerprint density at radius 2 is 1.65 bits per heavy atom. The van der Waals surface area contributed by atoms with Crippen LogP contribution in [0.3, 0.4) is 0 Å². The number of benzene rings is 1. The fourth-order valence-corrected chi connectivity index (χ4v) is 2.73. The maximum Gasteiger partial charge on any atom is 0.0134 e. The molecule has 0 amide bonds. The molecule has 1 heteroatoms. The molecule has 17 heavy (non-hydrogen) atoms. The zero-order chi connectivity index (χ0) is 12.8. The van der Waals surface area contributed by atoms with Gasteiger partial charge in [-0.2, -0.15) is 0 Å². The minimum absolute atomic E-state index is 0.268. The van der Waals surface area contributed by atoms with Gasteiger partial charge in [-0.3, -0.25) is 0 Å². The first-order chi connectivity index (χ1) is 8.06. The first-order valence-electron chi connectivity index (χ1n) is 6.86. The highest BCUT2D eigenvalue weighted by Gasteiger charge is 2.23. The summed E-state index contributed by atoms with van der Waals surface area (Å²) in [5, 5.41) is 0. The minimum atomic E-state index is 0.268. The Morgan fingerprint density at radius 3 is 2.12 bits per heavy atom. The molecule has 0 aromatic heterocycles. The summed E-state index contributed by atoms with van der Waals surface area (Å²) in [7, 11) is 0. The summed E-state index contributed by atoms with van der Waals surface area (Å²) in [6.45, 7) is 9.06. The molecule has 0 radical (unpaired) electrons. The van der Waals surface area contributed by atoms with Crippen molar-refractivity contribution in [2.75, 3.05) is 0 Å². The van der Waals surface area contributed by atoms with E-state index in [2.05, 4.69) is 58.0 Å². The first-order valence-corrected chi connectivity index (χ1v) is 6.86. The molecule has 0 aliphatic rings. The van der Waals surface area contributed by atoms with Crippen LogP contribution in [0.15, 0.2) is 30.3 Å². The topological polar surface area (TPSA) is 26.0 Å². The SMILES string of the molecule is CCC(c1ccccc1)C(N)C(C)CC(C)C. The van der Waals surface area contributed by atoms with Crippen molar-refractivity contribution in [1.29, 1.82) is 0 Å². The van der Waals surface area contributed by atoms with Crippen LogP contribution >= 0.6 is 0 Å². The van der Waals surface area contributed by atoms with Crippen molar-refractivity contribution >= 4 is 0 Å². The predicted molar refractivity (Wildman–Crippen MR) is 76.1 cm³/mol. The van der Waals surface area contributed by atoms with E-state index in [1.165, 1.54) is 12.0 Å². The van der Waals surface area contributed by atoms with Gasteiger partial charge in [0.2, 0.25) is 0 Å². The summed E-state index contributed by atoms with van der Waals surface area (Å²) < 4.78 is 0. The lowest BCUT2D eigenvalue weighted by atomic mass is 9.80. The van der Waals surface area contributed by atoms with Gasteiger partial charge in [0.25, 0.3) is 0 Å². The largest absolute Gasteiger partial charge is 0.327 e. The van der Waals surface area contributed by atoms with Crippen LogP contribution < -0.4 is 5.73 Å². The third kappa shape index (κ3) is 4.16. The van der Waals surface area contributed by atoms with Gasteiger partial charge in [0.15, 0.2) is 0 Å². The fraction of sp³-hybridized carbons (Fsp3) is 0.625. The molecule has 0 bridgehead atoms. The number of nitrogens with two attached hydrogens (primary N) is 1. The lowest BCUT2D eigenvalue weighted by Crippen LogP contribution is -2.35. The maximum atomic E-state index is 6.45. The Morgan fingerprint density at radius 1 is 1.06 bits per heavy atom. The van der Waals surface area contributed by atoms with Crippen molar-refractivity contribution in [2.24, 2.45) is 17.6 Å². The van der Waals surface area contributed by atoms with E-state index in [1.807, 2.05) is 0 Å². The molecule has 2 N–H and O–H groups in total. The van der Waals surface area contributed by atoms with E-state index in [0.717, 1.165) is 12.3 Å². The van der Waals surface area contributed by atoms with Crippen LogP contribution in [0.2, 0.25) is 0 Å². The standard InChI is InChI=1S/C16H27N/c1-5-15(14-9-7-6-8-10-14)16(17)13(4)11-12(2)3/h6-10,12-13,15-16H,5,11,17H2,1-4H3. The van der Waals surface area contributed by atoms with E-state index in [0.29, 0.717) is 11.8 Å². The average Bonchev–Trinajstić information content (AvgIpc) is 2.30. The van der Waals surface area contributed by atoms with Crippen LogP contribution in [0, 0.1) is 11.8 Å². The third-order valence-corrected chi connectivity index (χ3v) is 3.63. The van der Waals surface area contributed by atoms with Crippen molar-refractivity contribution in [3.05, 3.63) is 35.9 Å². The Bertz CT molecular complexity index is 305. The van der Waals surface area contributed by atoms with Gasteiger partial charge in [-0.15, -0.1) is 0 Å². The summed E-state index contributed by atoms with van der Waals surface area (Å²) in [5.74, 6) is 1.80. The highest BCUT2D eigenvalue weighted by molar-refractivity contribution is 5.21. The van der Waals surface area contributed by atoms with Gasteiger partial charge in [0.1, 0.15) is 0 Å². The highest BCUT2D eigenvalue weighted by atomic mass is 14.7. The molecule has 3 unspecified atom stereocenters. The van der Waals surface area contributed by atoms with E-state index in [-0.39, 0.29) is 6.04 Å². The molecule has 0 spiro atoms. The molecule has 0 aliphatic carbocycles. The second-order valence-electron chi connectivity index (χ2n) is 5.61. The summed E-state index contributed by atoms with van der Waals surface area (Å²) in [6, 6.07) is 11.0. The van der Waals surface area contributed by atoms with Crippen molar-refractivity contribution in [3.63, 3.8) is 0 Å². The zero-order valence-electron chi connectivity index (χ0n) is 11.7. The fourth-order valence-electron chi connectivity index (χ4n) is 2.73. The zero-order valence-corrected chi connectivity index (χ0v) is 11.7. The number of hydrogen-bond donors (Lipinski definition) is 1. The van der Waals surface area contributed by atoms with Crippen LogP contribution in [0.25, 0.3) is 0 Å². The summed E-state index contributed by atoms with van der Waals surface area (Å²) in [5.41, 5.74) is 7.84. The van der Waals surface area contributed by atoms with E-state index < -0.39 is 0 Å². The van der Waals surface area contributed by atoms with E-state index in [1.54, 1.807) is 0 Å². The van der Waals surface area contributed by atoms with Gasteiger partial charge in [0.05, 0.1) is 0 Å². The molecule has 1 aromatic rings. The van der Waals surface area contributed by atoms with Crippen molar-refractivity contribution < 1.29 is 0 Å². The van der Waals surface area contributed by atoms with Crippen molar-refractivity contribution in [3.8, 4) is 0 Å². The monoisotopic (exact) mass is 233 g/mol. The molecule has 0 saturated heterocycles.